The summed E-state index contributed by atoms with van der Waals surface area (Å²) in [6.45, 7) is 0.605. The van der Waals surface area contributed by atoms with Gasteiger partial charge in [-0.2, -0.15) is 0 Å². The van der Waals surface area contributed by atoms with E-state index >= 15 is 0 Å². The Kier molecular flexibility index (Phi) is 5.11. The molecule has 0 radical (unpaired) electrons. The Bertz CT molecular complexity index is 1110. The van der Waals surface area contributed by atoms with E-state index in [1.54, 1.807) is 24.7 Å². The second-order valence-corrected chi connectivity index (χ2v) is 7.00. The maximum atomic E-state index is 12.7. The molecule has 8 heteroatoms. The van der Waals surface area contributed by atoms with Gasteiger partial charge in [0.15, 0.2) is 5.13 Å². The third-order valence-electron chi connectivity index (χ3n) is 4.17. The molecule has 4 rings (SSSR count). The number of aromatic nitrogens is 5. The van der Waals surface area contributed by atoms with Gasteiger partial charge in [-0.25, -0.2) is 9.97 Å². The highest BCUT2D eigenvalue weighted by Crippen LogP contribution is 2.18. The molecule has 0 aliphatic heterocycles. The number of hydrogen-bond donors (Lipinski definition) is 1. The summed E-state index contributed by atoms with van der Waals surface area (Å²) in [4.78, 5) is 25.4. The van der Waals surface area contributed by atoms with Gasteiger partial charge in [-0.3, -0.25) is 15.1 Å². The summed E-state index contributed by atoms with van der Waals surface area (Å²) in [7, 11) is 1.93. The third-order valence-corrected chi connectivity index (χ3v) is 4.94. The fourth-order valence-electron chi connectivity index (χ4n) is 2.72. The molecule has 28 heavy (non-hydrogen) atoms. The molecule has 0 aliphatic rings. The molecule has 4 aromatic heterocycles. The van der Waals surface area contributed by atoms with Crippen LogP contribution in [0.1, 0.15) is 27.6 Å². The largest absolute Gasteiger partial charge is 0.339 e. The van der Waals surface area contributed by atoms with Gasteiger partial charge < -0.3 is 9.13 Å². The highest BCUT2D eigenvalue weighted by molar-refractivity contribution is 7.14. The lowest BCUT2D eigenvalue weighted by atomic mass is 10.2. The first-order valence-electron chi connectivity index (χ1n) is 8.65. The van der Waals surface area contributed by atoms with Crippen molar-refractivity contribution in [2.24, 2.45) is 7.05 Å². The van der Waals surface area contributed by atoms with Crippen molar-refractivity contribution in [1.29, 1.82) is 0 Å². The van der Waals surface area contributed by atoms with Crippen molar-refractivity contribution in [3.8, 4) is 0 Å². The lowest BCUT2D eigenvalue weighted by molar-refractivity contribution is 0.101. The molecule has 0 saturated carbocycles. The monoisotopic (exact) mass is 390 g/mol. The predicted molar refractivity (Wildman–Crippen MR) is 110 cm³/mol. The van der Waals surface area contributed by atoms with Crippen LogP contribution in [-0.2, 0) is 13.6 Å². The first-order valence-corrected chi connectivity index (χ1v) is 9.53. The van der Waals surface area contributed by atoms with Crippen LogP contribution in [0.2, 0.25) is 0 Å². The van der Waals surface area contributed by atoms with Gasteiger partial charge in [0.25, 0.3) is 5.91 Å². The van der Waals surface area contributed by atoms with Gasteiger partial charge in [-0.05, 0) is 42.0 Å². The van der Waals surface area contributed by atoms with E-state index < -0.39 is 0 Å². The predicted octanol–water partition coefficient (Wildman–Crippen LogP) is 3.54. The quantitative estimate of drug-likeness (QED) is 0.546. The van der Waals surface area contributed by atoms with Gasteiger partial charge >= 0.3 is 0 Å². The highest BCUT2D eigenvalue weighted by atomic mass is 32.1. The molecular formula is C20H18N6OS. The lowest BCUT2D eigenvalue weighted by Gasteiger charge is -2.08. The smallest absolute Gasteiger partial charge is 0.274 e. The van der Waals surface area contributed by atoms with Crippen LogP contribution < -0.4 is 5.32 Å². The molecule has 7 nitrogen and oxygen atoms in total. The minimum Gasteiger partial charge on any atom is -0.339 e. The van der Waals surface area contributed by atoms with E-state index in [1.807, 2.05) is 64.3 Å². The second-order valence-electron chi connectivity index (χ2n) is 6.14. The molecule has 4 heterocycles. The van der Waals surface area contributed by atoms with Crippen LogP contribution in [0.15, 0.2) is 60.6 Å². The van der Waals surface area contributed by atoms with Crippen LogP contribution in [0.3, 0.4) is 0 Å². The maximum absolute atomic E-state index is 12.7. The number of aryl methyl sites for hydroxylation is 1. The van der Waals surface area contributed by atoms with Crippen molar-refractivity contribution in [1.82, 2.24) is 24.1 Å². The zero-order chi connectivity index (χ0) is 19.3. The number of anilines is 1. The number of rotatable bonds is 6. The fraction of sp³-hybridized carbons (Fsp3) is 0.100. The molecule has 1 N–H and O–H groups in total. The Labute approximate surface area is 166 Å². The van der Waals surface area contributed by atoms with E-state index in [2.05, 4.69) is 20.3 Å². The third kappa shape index (κ3) is 4.07. The average Bonchev–Trinajstić information content (AvgIpc) is 3.43. The summed E-state index contributed by atoms with van der Waals surface area (Å²) in [5.74, 6) is 0.653. The summed E-state index contributed by atoms with van der Waals surface area (Å²) >= 11 is 1.39. The molecule has 0 atom stereocenters. The zero-order valence-electron chi connectivity index (χ0n) is 15.2. The summed E-state index contributed by atoms with van der Waals surface area (Å²) in [5.41, 5.74) is 2.43. The first-order chi connectivity index (χ1) is 13.7. The number of imidazole rings is 1. The Hall–Kier alpha value is -3.52. The normalized spacial score (nSPS) is 11.2. The molecule has 0 aliphatic carbocycles. The fourth-order valence-corrected chi connectivity index (χ4v) is 3.40. The molecule has 4 aromatic rings. The SMILES string of the molecule is Cn1ccnc1/C=C/c1csc(NC(=O)c2cccn2Cc2ccncc2)n1. The van der Waals surface area contributed by atoms with Gasteiger partial charge in [0.05, 0.1) is 5.69 Å². The Morgan fingerprint density at radius 2 is 2.04 bits per heavy atom. The van der Waals surface area contributed by atoms with E-state index in [9.17, 15) is 4.79 Å². The van der Waals surface area contributed by atoms with Crippen LogP contribution in [0.25, 0.3) is 12.2 Å². The van der Waals surface area contributed by atoms with E-state index in [1.165, 1.54) is 11.3 Å². The lowest BCUT2D eigenvalue weighted by Crippen LogP contribution is -2.17. The molecule has 140 valence electrons. The van der Waals surface area contributed by atoms with Gasteiger partial charge in [0.1, 0.15) is 11.5 Å². The van der Waals surface area contributed by atoms with Crippen molar-refractivity contribution in [2.75, 3.05) is 5.32 Å². The molecule has 0 aromatic carbocycles. The van der Waals surface area contributed by atoms with Crippen molar-refractivity contribution in [2.45, 2.75) is 6.54 Å². The summed E-state index contributed by atoms with van der Waals surface area (Å²) in [6.07, 6.45) is 12.8. The average molecular weight is 390 g/mol. The number of hydrogen-bond acceptors (Lipinski definition) is 5. The molecule has 0 spiro atoms. The van der Waals surface area contributed by atoms with Gasteiger partial charge in [0, 0.05) is 50.0 Å². The van der Waals surface area contributed by atoms with E-state index in [0.29, 0.717) is 17.4 Å². The highest BCUT2D eigenvalue weighted by Gasteiger charge is 2.13. The van der Waals surface area contributed by atoms with Crippen LogP contribution in [0.4, 0.5) is 5.13 Å². The molecule has 0 saturated heterocycles. The Morgan fingerprint density at radius 1 is 1.18 bits per heavy atom. The minimum atomic E-state index is -0.187. The van der Waals surface area contributed by atoms with Crippen LogP contribution in [-0.4, -0.2) is 30.0 Å². The summed E-state index contributed by atoms with van der Waals surface area (Å²) in [5, 5.41) is 5.33. The van der Waals surface area contributed by atoms with E-state index in [0.717, 1.165) is 17.1 Å². The van der Waals surface area contributed by atoms with Crippen molar-refractivity contribution >= 4 is 34.5 Å². The molecule has 1 amide bonds. The number of carbonyl (C=O) groups is 1. The number of carbonyl (C=O) groups excluding carboxylic acids is 1. The number of amides is 1. The van der Waals surface area contributed by atoms with Crippen LogP contribution in [0, 0.1) is 0 Å². The van der Waals surface area contributed by atoms with Gasteiger partial charge in [0.2, 0.25) is 0 Å². The van der Waals surface area contributed by atoms with Crippen molar-refractivity contribution < 1.29 is 4.79 Å². The number of pyridine rings is 1. The number of thiazole rings is 1. The number of nitrogens with one attached hydrogen (secondary N) is 1. The van der Waals surface area contributed by atoms with E-state index in [4.69, 9.17) is 0 Å². The van der Waals surface area contributed by atoms with Gasteiger partial charge in [-0.15, -0.1) is 11.3 Å². The molecule has 0 fully saturated rings. The summed E-state index contributed by atoms with van der Waals surface area (Å²) < 4.78 is 3.82. The van der Waals surface area contributed by atoms with Crippen molar-refractivity contribution in [3.05, 3.63) is 83.4 Å². The topological polar surface area (TPSA) is 77.6 Å². The Morgan fingerprint density at radius 3 is 2.82 bits per heavy atom. The van der Waals surface area contributed by atoms with Gasteiger partial charge in [-0.1, -0.05) is 0 Å². The summed E-state index contributed by atoms with van der Waals surface area (Å²) in [6, 6.07) is 7.52. The van der Waals surface area contributed by atoms with Crippen LogP contribution >= 0.6 is 11.3 Å². The maximum Gasteiger partial charge on any atom is 0.274 e. The molecule has 0 bridgehead atoms. The van der Waals surface area contributed by atoms with Crippen molar-refractivity contribution in [3.63, 3.8) is 0 Å². The minimum absolute atomic E-state index is 0.187. The second kappa shape index (κ2) is 8.01. The standard InChI is InChI=1S/C20H18N6OS/c1-25-12-10-22-18(25)5-4-16-14-28-20(23-16)24-19(27)17-3-2-11-26(17)13-15-6-8-21-9-7-15/h2-12,14H,13H2,1H3,(H,23,24,27)/b5-4+. The molecular weight excluding hydrogens is 372 g/mol. The Balaban J connectivity index is 1.44. The van der Waals surface area contributed by atoms with Crippen LogP contribution in [0.5, 0.6) is 0 Å². The van der Waals surface area contributed by atoms with E-state index in [-0.39, 0.29) is 5.91 Å². The first kappa shape index (κ1) is 17.9. The zero-order valence-corrected chi connectivity index (χ0v) is 16.0. The molecule has 0 unspecified atom stereocenters. The number of nitrogens with zero attached hydrogens (tertiary/aromatic N) is 5.